The first kappa shape index (κ1) is 7.10. The maximum atomic E-state index is 9.55. The van der Waals surface area contributed by atoms with Crippen LogP contribution in [0, 0.1) is 0 Å². The molecule has 0 aliphatic heterocycles. The van der Waals surface area contributed by atoms with Crippen molar-refractivity contribution in [1.29, 1.82) is 0 Å². The lowest BCUT2D eigenvalue weighted by atomic mass is 10.3. The second kappa shape index (κ2) is 3.15. The van der Waals surface area contributed by atoms with E-state index in [1.54, 1.807) is 0 Å². The Bertz CT molecular complexity index is 98.2. The van der Waals surface area contributed by atoms with Gasteiger partial charge in [-0.1, -0.05) is 0 Å². The molecule has 2 radical (unpaired) electrons. The number of carbonyl (C=O) groups is 1. The lowest BCUT2D eigenvalue weighted by molar-refractivity contribution is -0.152. The Balaban J connectivity index is 3.46. The molecular formula is C4H4O4. The summed E-state index contributed by atoms with van der Waals surface area (Å²) in [7, 11) is 0. The van der Waals surface area contributed by atoms with Gasteiger partial charge in [-0.2, -0.15) is 0 Å². The van der Waals surface area contributed by atoms with Gasteiger partial charge in [-0.25, -0.2) is 9.90 Å². The van der Waals surface area contributed by atoms with Gasteiger partial charge in [0.15, 0.2) is 6.10 Å². The molecule has 0 fully saturated rings. The zero-order chi connectivity index (χ0) is 6.57. The van der Waals surface area contributed by atoms with E-state index in [2.05, 4.69) is 0 Å². The third kappa shape index (κ3) is 2.30. The smallest absolute Gasteiger partial charge is 0.381 e. The van der Waals surface area contributed by atoms with Gasteiger partial charge in [-0.05, 0) is 0 Å². The van der Waals surface area contributed by atoms with Gasteiger partial charge >= 0.3 is 5.97 Å². The second-order valence-corrected chi connectivity index (χ2v) is 1.18. The zero-order valence-corrected chi connectivity index (χ0v) is 3.96. The Labute approximate surface area is 45.7 Å². The van der Waals surface area contributed by atoms with Crippen LogP contribution in [-0.4, -0.2) is 23.5 Å². The van der Waals surface area contributed by atoms with Gasteiger partial charge in [-0.3, -0.25) is 4.79 Å². The monoisotopic (exact) mass is 116 g/mol. The van der Waals surface area contributed by atoms with Crippen LogP contribution in [0.15, 0.2) is 0 Å². The summed E-state index contributed by atoms with van der Waals surface area (Å²) in [4.78, 5) is 18.9. The molecule has 8 heavy (non-hydrogen) atoms. The zero-order valence-electron chi connectivity index (χ0n) is 3.96. The average Bonchev–Trinajstić information content (AvgIpc) is 1.67. The fourth-order valence-electron chi connectivity index (χ4n) is 0.162. The molecule has 0 bridgehead atoms. The predicted octanol–water partition coefficient (Wildman–Crippen LogP) is -1.20. The third-order valence-electron chi connectivity index (χ3n) is 0.549. The number of carbonyl (C=O) groups excluding carboxylic acids is 2. The van der Waals surface area contributed by atoms with Crippen LogP contribution < -0.4 is 0 Å². The summed E-state index contributed by atoms with van der Waals surface area (Å²) < 4.78 is 0. The van der Waals surface area contributed by atoms with E-state index < -0.39 is 18.5 Å². The van der Waals surface area contributed by atoms with Crippen molar-refractivity contribution in [3.63, 3.8) is 0 Å². The summed E-state index contributed by atoms with van der Waals surface area (Å²) in [5.41, 5.74) is 0. The lowest BCUT2D eigenvalue weighted by Crippen LogP contribution is -2.18. The minimum Gasteiger partial charge on any atom is -0.381 e. The molecule has 0 spiro atoms. The van der Waals surface area contributed by atoms with Crippen LogP contribution in [0.5, 0.6) is 0 Å². The summed E-state index contributed by atoms with van der Waals surface area (Å²) in [5, 5.41) is 17.8. The van der Waals surface area contributed by atoms with Crippen LogP contribution in [0.3, 0.4) is 0 Å². The molecule has 0 amide bonds. The number of aliphatic hydroxyl groups is 1. The molecule has 0 aromatic carbocycles. The van der Waals surface area contributed by atoms with Crippen molar-refractivity contribution in [1.82, 2.24) is 0 Å². The molecule has 1 unspecified atom stereocenters. The standard InChI is InChI=1S/C4H4O4/c5-2-1-3(6)4(7)8/h3,6H,1H2. The van der Waals surface area contributed by atoms with Crippen molar-refractivity contribution in [2.45, 2.75) is 12.5 Å². The molecule has 0 rings (SSSR count). The number of aliphatic hydroxyl groups excluding tert-OH is 1. The molecule has 0 heterocycles. The topological polar surface area (TPSA) is 74.3 Å². The highest BCUT2D eigenvalue weighted by Crippen LogP contribution is 1.85. The van der Waals surface area contributed by atoms with E-state index in [0.29, 0.717) is 0 Å². The highest BCUT2D eigenvalue weighted by molar-refractivity contribution is 5.75. The maximum Gasteiger partial charge on any atom is 0.384 e. The van der Waals surface area contributed by atoms with Gasteiger partial charge in [-0.15, -0.1) is 0 Å². The first-order valence-electron chi connectivity index (χ1n) is 1.92. The fraction of sp³-hybridized carbons (Fsp3) is 0.500. The van der Waals surface area contributed by atoms with Crippen molar-refractivity contribution in [2.75, 3.05) is 0 Å². The van der Waals surface area contributed by atoms with Gasteiger partial charge in [0.2, 0.25) is 6.29 Å². The van der Waals surface area contributed by atoms with Gasteiger partial charge < -0.3 is 5.11 Å². The summed E-state index contributed by atoms with van der Waals surface area (Å²) in [6.07, 6.45) is -0.999. The molecule has 0 aliphatic rings. The number of hydrogen-bond acceptors (Lipinski definition) is 3. The summed E-state index contributed by atoms with van der Waals surface area (Å²) in [6.45, 7) is 0. The SMILES string of the molecule is [O]C(=O)C(O)C[C]=O. The van der Waals surface area contributed by atoms with E-state index in [9.17, 15) is 14.7 Å². The van der Waals surface area contributed by atoms with E-state index in [0.717, 1.165) is 0 Å². The molecule has 0 saturated carbocycles. The summed E-state index contributed by atoms with van der Waals surface area (Å²) >= 11 is 0. The Morgan fingerprint density at radius 2 is 2.25 bits per heavy atom. The maximum absolute atomic E-state index is 9.55. The van der Waals surface area contributed by atoms with Gasteiger partial charge in [0.1, 0.15) is 0 Å². The van der Waals surface area contributed by atoms with Gasteiger partial charge in [0, 0.05) is 0 Å². The molecule has 0 saturated heterocycles. The molecule has 44 valence electrons. The average molecular weight is 116 g/mol. The number of rotatable bonds is 3. The van der Waals surface area contributed by atoms with Crippen LogP contribution in [-0.2, 0) is 14.7 Å². The van der Waals surface area contributed by atoms with Crippen LogP contribution in [0.25, 0.3) is 0 Å². The summed E-state index contributed by atoms with van der Waals surface area (Å²) in [5.74, 6) is -1.65. The van der Waals surface area contributed by atoms with E-state index in [-0.39, 0.29) is 0 Å². The fourth-order valence-corrected chi connectivity index (χ4v) is 0.162. The Morgan fingerprint density at radius 3 is 2.38 bits per heavy atom. The first-order chi connectivity index (χ1) is 3.68. The van der Waals surface area contributed by atoms with Crippen molar-refractivity contribution >= 4 is 12.3 Å². The molecule has 0 aliphatic carbocycles. The van der Waals surface area contributed by atoms with Crippen LogP contribution in [0.2, 0.25) is 0 Å². The normalized spacial score (nSPS) is 12.6. The molecule has 4 heteroatoms. The van der Waals surface area contributed by atoms with Crippen LogP contribution in [0.4, 0.5) is 0 Å². The van der Waals surface area contributed by atoms with Crippen molar-refractivity contribution in [2.24, 2.45) is 0 Å². The van der Waals surface area contributed by atoms with Crippen LogP contribution >= 0.6 is 0 Å². The minimum absolute atomic E-state index is 0.525. The van der Waals surface area contributed by atoms with Crippen molar-refractivity contribution in [3.8, 4) is 0 Å². The minimum atomic E-state index is -1.70. The Morgan fingerprint density at radius 1 is 1.75 bits per heavy atom. The highest BCUT2D eigenvalue weighted by atomic mass is 16.4. The highest BCUT2D eigenvalue weighted by Gasteiger charge is 2.13. The van der Waals surface area contributed by atoms with E-state index in [4.69, 9.17) is 5.11 Å². The van der Waals surface area contributed by atoms with Crippen LogP contribution in [0.1, 0.15) is 6.42 Å². The predicted molar refractivity (Wildman–Crippen MR) is 22.0 cm³/mol. The second-order valence-electron chi connectivity index (χ2n) is 1.18. The van der Waals surface area contributed by atoms with Crippen molar-refractivity contribution < 1.29 is 19.8 Å². The lowest BCUT2D eigenvalue weighted by Gasteiger charge is -1.91. The summed E-state index contributed by atoms with van der Waals surface area (Å²) in [6, 6.07) is 0. The molecule has 0 aromatic rings. The van der Waals surface area contributed by atoms with Crippen molar-refractivity contribution in [3.05, 3.63) is 0 Å². The van der Waals surface area contributed by atoms with E-state index in [1.807, 2.05) is 0 Å². The molecule has 0 aromatic heterocycles. The Hall–Kier alpha value is -0.900. The van der Waals surface area contributed by atoms with Gasteiger partial charge in [0.25, 0.3) is 0 Å². The quantitative estimate of drug-likeness (QED) is 0.503. The first-order valence-corrected chi connectivity index (χ1v) is 1.92. The largest absolute Gasteiger partial charge is 0.384 e. The number of hydrogen-bond donors (Lipinski definition) is 1. The van der Waals surface area contributed by atoms with Gasteiger partial charge in [0.05, 0.1) is 6.42 Å². The van der Waals surface area contributed by atoms with E-state index >= 15 is 0 Å². The third-order valence-corrected chi connectivity index (χ3v) is 0.549. The molecular weight excluding hydrogens is 112 g/mol. The molecule has 1 atom stereocenters. The van der Waals surface area contributed by atoms with E-state index in [1.165, 1.54) is 6.29 Å². The molecule has 4 nitrogen and oxygen atoms in total. The Kier molecular flexibility index (Phi) is 2.79. The molecule has 1 N–H and O–H groups in total.